The van der Waals surface area contributed by atoms with Crippen molar-refractivity contribution in [3.8, 4) is 0 Å². The van der Waals surface area contributed by atoms with E-state index in [0.29, 0.717) is 5.92 Å². The van der Waals surface area contributed by atoms with Gasteiger partial charge in [0.25, 0.3) is 0 Å². The molecule has 0 amide bonds. The molecule has 10 heavy (non-hydrogen) atoms. The molecule has 1 aliphatic heterocycles. The molecule has 1 aliphatic rings. The van der Waals surface area contributed by atoms with E-state index in [1.165, 1.54) is 18.9 Å². The fraction of sp³-hybridized carbons (Fsp3) is 0.889. The normalized spacial score (nSPS) is 29.7. The molecule has 1 saturated heterocycles. The summed E-state index contributed by atoms with van der Waals surface area (Å²) in [5.74, 6) is 1.41. The van der Waals surface area contributed by atoms with Crippen LogP contribution in [0.5, 0.6) is 0 Å². The zero-order valence-corrected chi connectivity index (χ0v) is 7.18. The average Bonchev–Trinajstić information content (AvgIpc) is 1.85. The second-order valence-corrected chi connectivity index (χ2v) is 3.30. The molecule has 59 valence electrons. The molecule has 1 nitrogen and oxygen atoms in total. The summed E-state index contributed by atoms with van der Waals surface area (Å²) in [4.78, 5) is 0. The van der Waals surface area contributed by atoms with Gasteiger partial charge in [-0.1, -0.05) is 27.2 Å². The van der Waals surface area contributed by atoms with Crippen molar-refractivity contribution in [1.82, 2.24) is 0 Å². The molecule has 0 bridgehead atoms. The zero-order chi connectivity index (χ0) is 7.56. The predicted molar refractivity (Wildman–Crippen MR) is 42.4 cm³/mol. The van der Waals surface area contributed by atoms with E-state index in [1.54, 1.807) is 0 Å². The highest BCUT2D eigenvalue weighted by Crippen LogP contribution is 2.35. The number of hydrogen-bond donors (Lipinski definition) is 0. The predicted octanol–water partition coefficient (Wildman–Crippen LogP) is 2.62. The van der Waals surface area contributed by atoms with Crippen LogP contribution in [0.1, 0.15) is 33.6 Å². The van der Waals surface area contributed by atoms with Crippen molar-refractivity contribution >= 4 is 0 Å². The van der Waals surface area contributed by atoms with Crippen molar-refractivity contribution in [3.05, 3.63) is 6.10 Å². The van der Waals surface area contributed by atoms with Crippen molar-refractivity contribution in [2.75, 3.05) is 6.61 Å². The van der Waals surface area contributed by atoms with E-state index in [0.717, 1.165) is 12.5 Å². The molecule has 0 aliphatic carbocycles. The minimum atomic E-state index is 0.689. The Balaban J connectivity index is 2.20. The summed E-state index contributed by atoms with van der Waals surface area (Å²) in [7, 11) is 0. The third kappa shape index (κ3) is 1.51. The molecule has 0 aromatic rings. The van der Waals surface area contributed by atoms with Gasteiger partial charge in [0.2, 0.25) is 0 Å². The first-order valence-corrected chi connectivity index (χ1v) is 4.25. The quantitative estimate of drug-likeness (QED) is 0.587. The minimum absolute atomic E-state index is 0.689. The molecular formula is C9H17O. The minimum Gasteiger partial charge on any atom is -0.371 e. The first-order valence-electron chi connectivity index (χ1n) is 4.25. The van der Waals surface area contributed by atoms with Gasteiger partial charge in [0.05, 0.1) is 6.61 Å². The van der Waals surface area contributed by atoms with Crippen LogP contribution in [0.4, 0.5) is 0 Å². The molecule has 1 heteroatoms. The molecular weight excluding hydrogens is 124 g/mol. The Hall–Kier alpha value is -0.0400. The Morgan fingerprint density at radius 2 is 2.40 bits per heavy atom. The van der Waals surface area contributed by atoms with Crippen LogP contribution in [0.3, 0.4) is 0 Å². The first-order chi connectivity index (χ1) is 4.75. The summed E-state index contributed by atoms with van der Waals surface area (Å²) < 4.78 is 5.37. The molecule has 0 spiro atoms. The van der Waals surface area contributed by atoms with Crippen LogP contribution in [0, 0.1) is 17.9 Å². The Morgan fingerprint density at radius 3 is 2.70 bits per heavy atom. The van der Waals surface area contributed by atoms with E-state index in [4.69, 9.17) is 4.74 Å². The number of hydrogen-bond acceptors (Lipinski definition) is 1. The maximum Gasteiger partial charge on any atom is 0.105 e. The maximum atomic E-state index is 5.37. The Labute approximate surface area is 63.8 Å². The van der Waals surface area contributed by atoms with E-state index in [9.17, 15) is 0 Å². The molecule has 0 aromatic carbocycles. The lowest BCUT2D eigenvalue weighted by molar-refractivity contribution is -0.0436. The third-order valence-electron chi connectivity index (χ3n) is 2.19. The first kappa shape index (κ1) is 8.06. The van der Waals surface area contributed by atoms with E-state index in [1.807, 2.05) is 0 Å². The lowest BCUT2D eigenvalue weighted by atomic mass is 9.87. The summed E-state index contributed by atoms with van der Waals surface area (Å²) in [5.41, 5.74) is 0. The highest BCUT2D eigenvalue weighted by molar-refractivity contribution is 4.96. The molecule has 0 saturated carbocycles. The average molecular weight is 141 g/mol. The van der Waals surface area contributed by atoms with Gasteiger partial charge in [0.15, 0.2) is 0 Å². The highest BCUT2D eigenvalue weighted by atomic mass is 16.5. The summed E-state index contributed by atoms with van der Waals surface area (Å²) in [6.07, 6.45) is 3.88. The Bertz CT molecular complexity index is 101. The van der Waals surface area contributed by atoms with Crippen molar-refractivity contribution < 1.29 is 4.74 Å². The number of ether oxygens (including phenoxy) is 1. The van der Waals surface area contributed by atoms with Crippen LogP contribution in [-0.2, 0) is 4.74 Å². The van der Waals surface area contributed by atoms with E-state index < -0.39 is 0 Å². The highest BCUT2D eigenvalue weighted by Gasteiger charge is 2.33. The molecule has 1 rings (SSSR count). The van der Waals surface area contributed by atoms with E-state index in [2.05, 4.69) is 20.8 Å². The van der Waals surface area contributed by atoms with E-state index in [-0.39, 0.29) is 0 Å². The van der Waals surface area contributed by atoms with Crippen LogP contribution in [0.15, 0.2) is 0 Å². The van der Waals surface area contributed by atoms with Gasteiger partial charge in [0.1, 0.15) is 6.10 Å². The van der Waals surface area contributed by atoms with Gasteiger partial charge in [-0.05, 0) is 12.3 Å². The number of rotatable bonds is 3. The molecule has 0 N–H and O–H groups in total. The van der Waals surface area contributed by atoms with Gasteiger partial charge in [-0.2, -0.15) is 0 Å². The van der Waals surface area contributed by atoms with Gasteiger partial charge in [-0.15, -0.1) is 0 Å². The molecule has 2 atom stereocenters. The van der Waals surface area contributed by atoms with Crippen molar-refractivity contribution in [2.24, 2.45) is 11.8 Å². The molecule has 1 heterocycles. The van der Waals surface area contributed by atoms with Gasteiger partial charge >= 0.3 is 0 Å². The Kier molecular flexibility index (Phi) is 2.72. The SMILES string of the molecule is CCCC(C)[C]1OCC1C. The topological polar surface area (TPSA) is 9.23 Å². The molecule has 0 aromatic heterocycles. The van der Waals surface area contributed by atoms with Gasteiger partial charge in [-0.3, -0.25) is 0 Å². The lowest BCUT2D eigenvalue weighted by Crippen LogP contribution is -2.34. The van der Waals surface area contributed by atoms with Crippen LogP contribution in [0.25, 0.3) is 0 Å². The Morgan fingerprint density at radius 1 is 1.70 bits per heavy atom. The monoisotopic (exact) mass is 141 g/mol. The van der Waals surface area contributed by atoms with Crippen LogP contribution in [-0.4, -0.2) is 6.61 Å². The van der Waals surface area contributed by atoms with Crippen LogP contribution < -0.4 is 0 Å². The van der Waals surface area contributed by atoms with Crippen molar-refractivity contribution in [2.45, 2.75) is 33.6 Å². The third-order valence-corrected chi connectivity index (χ3v) is 2.19. The summed E-state index contributed by atoms with van der Waals surface area (Å²) in [6.45, 7) is 7.67. The molecule has 2 unspecified atom stereocenters. The summed E-state index contributed by atoms with van der Waals surface area (Å²) in [5, 5.41) is 0. The largest absolute Gasteiger partial charge is 0.371 e. The zero-order valence-electron chi connectivity index (χ0n) is 7.18. The lowest BCUT2D eigenvalue weighted by Gasteiger charge is -2.37. The standard InChI is InChI=1S/C9H17O/c1-4-5-7(2)9-8(3)6-10-9/h7-8H,4-6H2,1-3H3. The van der Waals surface area contributed by atoms with Gasteiger partial charge in [-0.25, -0.2) is 0 Å². The fourth-order valence-electron chi connectivity index (χ4n) is 1.55. The van der Waals surface area contributed by atoms with E-state index >= 15 is 0 Å². The van der Waals surface area contributed by atoms with Crippen molar-refractivity contribution in [1.29, 1.82) is 0 Å². The van der Waals surface area contributed by atoms with Crippen LogP contribution in [0.2, 0.25) is 0 Å². The van der Waals surface area contributed by atoms with Gasteiger partial charge < -0.3 is 4.74 Å². The summed E-state index contributed by atoms with van der Waals surface area (Å²) in [6, 6.07) is 0. The second-order valence-electron chi connectivity index (χ2n) is 3.30. The smallest absolute Gasteiger partial charge is 0.105 e. The van der Waals surface area contributed by atoms with Crippen molar-refractivity contribution in [3.63, 3.8) is 0 Å². The van der Waals surface area contributed by atoms with Crippen LogP contribution >= 0.6 is 0 Å². The maximum absolute atomic E-state index is 5.37. The summed E-state index contributed by atoms with van der Waals surface area (Å²) >= 11 is 0. The molecule has 1 radical (unpaired) electrons. The fourth-order valence-corrected chi connectivity index (χ4v) is 1.55. The van der Waals surface area contributed by atoms with Gasteiger partial charge in [0, 0.05) is 5.92 Å². The molecule has 1 fully saturated rings. The second kappa shape index (κ2) is 3.38.